The lowest BCUT2D eigenvalue weighted by Crippen LogP contribution is -1.94. The normalized spacial score (nSPS) is 10.3. The maximum absolute atomic E-state index is 9.33. The maximum Gasteiger partial charge on any atom is 0.169 e. The molecule has 100 valence electrons. The summed E-state index contributed by atoms with van der Waals surface area (Å²) in [6.07, 6.45) is 0. The van der Waals surface area contributed by atoms with Crippen LogP contribution in [0.3, 0.4) is 0 Å². The van der Waals surface area contributed by atoms with E-state index in [4.69, 9.17) is 9.47 Å². The Morgan fingerprint density at radius 2 is 1.84 bits per heavy atom. The molecule has 0 atom stereocenters. The van der Waals surface area contributed by atoms with E-state index in [2.05, 4.69) is 15.9 Å². The van der Waals surface area contributed by atoms with Crippen molar-refractivity contribution in [3.05, 3.63) is 52.0 Å². The molecule has 2 aromatic carbocycles. The number of rotatable bonds is 4. The van der Waals surface area contributed by atoms with Crippen LogP contribution in [0.1, 0.15) is 11.1 Å². The first kappa shape index (κ1) is 13.9. The van der Waals surface area contributed by atoms with Crippen LogP contribution in [0.4, 0.5) is 0 Å². The number of aliphatic hydroxyl groups is 1. The highest BCUT2D eigenvalue weighted by Crippen LogP contribution is 2.35. The fourth-order valence-corrected chi connectivity index (χ4v) is 2.07. The van der Waals surface area contributed by atoms with E-state index in [0.717, 1.165) is 15.6 Å². The summed E-state index contributed by atoms with van der Waals surface area (Å²) in [5.74, 6) is 1.91. The highest BCUT2D eigenvalue weighted by molar-refractivity contribution is 9.10. The number of hydrogen-bond donors (Lipinski definition) is 1. The van der Waals surface area contributed by atoms with Gasteiger partial charge in [0.05, 0.1) is 13.7 Å². The second-order valence-corrected chi connectivity index (χ2v) is 5.08. The van der Waals surface area contributed by atoms with Gasteiger partial charge in [-0.25, -0.2) is 0 Å². The zero-order valence-corrected chi connectivity index (χ0v) is 12.4. The van der Waals surface area contributed by atoms with Crippen LogP contribution in [0.5, 0.6) is 17.2 Å². The van der Waals surface area contributed by atoms with E-state index >= 15 is 0 Å². The molecule has 0 amide bonds. The molecule has 0 radical (unpaired) electrons. The number of ether oxygens (including phenoxy) is 2. The van der Waals surface area contributed by atoms with Gasteiger partial charge in [0.15, 0.2) is 11.5 Å². The quantitative estimate of drug-likeness (QED) is 0.922. The van der Waals surface area contributed by atoms with E-state index < -0.39 is 0 Å². The minimum atomic E-state index is -0.0726. The van der Waals surface area contributed by atoms with Crippen LogP contribution in [0.15, 0.2) is 40.9 Å². The van der Waals surface area contributed by atoms with Crippen molar-refractivity contribution in [2.75, 3.05) is 7.11 Å². The van der Waals surface area contributed by atoms with Crippen LogP contribution in [-0.4, -0.2) is 12.2 Å². The molecular weight excluding hydrogens is 308 g/mol. The molecule has 0 saturated heterocycles. The number of hydrogen-bond acceptors (Lipinski definition) is 3. The molecule has 1 N–H and O–H groups in total. The molecule has 0 spiro atoms. The molecule has 0 bridgehead atoms. The summed E-state index contributed by atoms with van der Waals surface area (Å²) in [4.78, 5) is 0. The SMILES string of the molecule is COc1cc(C)ccc1Oc1cc(Br)ccc1CO. The summed E-state index contributed by atoms with van der Waals surface area (Å²) >= 11 is 3.39. The Morgan fingerprint density at radius 1 is 1.05 bits per heavy atom. The van der Waals surface area contributed by atoms with E-state index in [-0.39, 0.29) is 6.61 Å². The molecule has 3 nitrogen and oxygen atoms in total. The van der Waals surface area contributed by atoms with Crippen LogP contribution in [0.2, 0.25) is 0 Å². The predicted octanol–water partition coefficient (Wildman–Crippen LogP) is 4.05. The monoisotopic (exact) mass is 322 g/mol. The van der Waals surface area contributed by atoms with Gasteiger partial charge in [0.1, 0.15) is 5.75 Å². The highest BCUT2D eigenvalue weighted by Gasteiger charge is 2.09. The summed E-state index contributed by atoms with van der Waals surface area (Å²) in [5.41, 5.74) is 1.83. The fourth-order valence-electron chi connectivity index (χ4n) is 1.73. The van der Waals surface area contributed by atoms with Crippen molar-refractivity contribution in [3.8, 4) is 17.2 Å². The number of aryl methyl sites for hydroxylation is 1. The van der Waals surface area contributed by atoms with Gasteiger partial charge in [-0.05, 0) is 36.8 Å². The summed E-state index contributed by atoms with van der Waals surface area (Å²) in [7, 11) is 1.61. The van der Waals surface area contributed by atoms with Crippen LogP contribution < -0.4 is 9.47 Å². The Bertz CT molecular complexity index is 582. The Kier molecular flexibility index (Phi) is 4.45. The van der Waals surface area contributed by atoms with Crippen molar-refractivity contribution in [1.29, 1.82) is 0 Å². The number of halogens is 1. The average Bonchev–Trinajstić information content (AvgIpc) is 2.41. The Morgan fingerprint density at radius 3 is 2.53 bits per heavy atom. The first-order chi connectivity index (χ1) is 9.13. The van der Waals surface area contributed by atoms with E-state index in [1.165, 1.54) is 0 Å². The van der Waals surface area contributed by atoms with Crippen molar-refractivity contribution in [1.82, 2.24) is 0 Å². The van der Waals surface area contributed by atoms with Gasteiger partial charge in [-0.2, -0.15) is 0 Å². The van der Waals surface area contributed by atoms with Crippen molar-refractivity contribution in [2.45, 2.75) is 13.5 Å². The lowest BCUT2D eigenvalue weighted by Gasteiger charge is -2.13. The van der Waals surface area contributed by atoms with Crippen molar-refractivity contribution < 1.29 is 14.6 Å². The van der Waals surface area contributed by atoms with Crippen LogP contribution in [-0.2, 0) is 6.61 Å². The second kappa shape index (κ2) is 6.08. The van der Waals surface area contributed by atoms with E-state index in [1.54, 1.807) is 7.11 Å². The van der Waals surface area contributed by atoms with Gasteiger partial charge in [0.2, 0.25) is 0 Å². The molecule has 0 aliphatic heterocycles. The molecule has 0 fully saturated rings. The lowest BCUT2D eigenvalue weighted by molar-refractivity contribution is 0.275. The van der Waals surface area contributed by atoms with Gasteiger partial charge in [-0.1, -0.05) is 28.1 Å². The minimum absolute atomic E-state index is 0.0726. The Labute approximate surface area is 120 Å². The minimum Gasteiger partial charge on any atom is -0.493 e. The summed E-state index contributed by atoms with van der Waals surface area (Å²) in [6.45, 7) is 1.92. The zero-order valence-electron chi connectivity index (χ0n) is 10.8. The Balaban J connectivity index is 2.38. The Hall–Kier alpha value is -1.52. The fraction of sp³-hybridized carbons (Fsp3) is 0.200. The topological polar surface area (TPSA) is 38.7 Å². The molecule has 0 aromatic heterocycles. The largest absolute Gasteiger partial charge is 0.493 e. The smallest absolute Gasteiger partial charge is 0.169 e. The van der Waals surface area contributed by atoms with Crippen molar-refractivity contribution in [2.24, 2.45) is 0 Å². The average molecular weight is 323 g/mol. The van der Waals surface area contributed by atoms with Crippen molar-refractivity contribution >= 4 is 15.9 Å². The first-order valence-electron chi connectivity index (χ1n) is 5.86. The number of benzene rings is 2. The molecule has 2 aromatic rings. The van der Waals surface area contributed by atoms with Gasteiger partial charge < -0.3 is 14.6 Å². The third kappa shape index (κ3) is 3.28. The molecule has 4 heteroatoms. The van der Waals surface area contributed by atoms with Crippen LogP contribution >= 0.6 is 15.9 Å². The molecule has 0 aliphatic rings. The van der Waals surface area contributed by atoms with Gasteiger partial charge in [0.25, 0.3) is 0 Å². The summed E-state index contributed by atoms with van der Waals surface area (Å²) < 4.78 is 12.0. The van der Waals surface area contributed by atoms with E-state index in [9.17, 15) is 5.11 Å². The molecule has 0 saturated carbocycles. The highest BCUT2D eigenvalue weighted by atomic mass is 79.9. The standard InChI is InChI=1S/C15H15BrO3/c1-10-3-6-13(15(7-10)18-2)19-14-8-12(16)5-4-11(14)9-17/h3-8,17H,9H2,1-2H3. The molecule has 0 unspecified atom stereocenters. The predicted molar refractivity (Wildman–Crippen MR) is 77.9 cm³/mol. The number of methoxy groups -OCH3 is 1. The summed E-state index contributed by atoms with van der Waals surface area (Å²) in [6, 6.07) is 11.2. The second-order valence-electron chi connectivity index (χ2n) is 4.17. The third-order valence-electron chi connectivity index (χ3n) is 2.74. The molecule has 2 rings (SSSR count). The van der Waals surface area contributed by atoms with Gasteiger partial charge in [-0.3, -0.25) is 0 Å². The van der Waals surface area contributed by atoms with Crippen LogP contribution in [0.25, 0.3) is 0 Å². The van der Waals surface area contributed by atoms with E-state index in [1.807, 2.05) is 43.3 Å². The lowest BCUT2D eigenvalue weighted by atomic mass is 10.2. The van der Waals surface area contributed by atoms with Gasteiger partial charge >= 0.3 is 0 Å². The third-order valence-corrected chi connectivity index (χ3v) is 3.23. The zero-order chi connectivity index (χ0) is 13.8. The molecule has 0 aliphatic carbocycles. The molecular formula is C15H15BrO3. The van der Waals surface area contributed by atoms with E-state index in [0.29, 0.717) is 17.2 Å². The molecule has 19 heavy (non-hydrogen) atoms. The van der Waals surface area contributed by atoms with Gasteiger partial charge in [0, 0.05) is 10.0 Å². The number of aliphatic hydroxyl groups excluding tert-OH is 1. The molecule has 0 heterocycles. The van der Waals surface area contributed by atoms with Gasteiger partial charge in [-0.15, -0.1) is 0 Å². The maximum atomic E-state index is 9.33. The van der Waals surface area contributed by atoms with Crippen LogP contribution in [0, 0.1) is 6.92 Å². The summed E-state index contributed by atoms with van der Waals surface area (Å²) in [5, 5.41) is 9.33. The first-order valence-corrected chi connectivity index (χ1v) is 6.65. The van der Waals surface area contributed by atoms with Crippen molar-refractivity contribution in [3.63, 3.8) is 0 Å².